The van der Waals surface area contributed by atoms with Gasteiger partial charge < -0.3 is 15.8 Å². The highest BCUT2D eigenvalue weighted by molar-refractivity contribution is 6.35. The third-order valence-corrected chi connectivity index (χ3v) is 3.22. The van der Waals surface area contributed by atoms with Gasteiger partial charge in [0, 0.05) is 29.7 Å². The van der Waals surface area contributed by atoms with Crippen LogP contribution in [0.5, 0.6) is 0 Å². The Labute approximate surface area is 123 Å². The predicted molar refractivity (Wildman–Crippen MR) is 81.1 cm³/mol. The van der Waals surface area contributed by atoms with Crippen LogP contribution in [0, 0.1) is 0 Å². The Balaban J connectivity index is 2.49. The first-order chi connectivity index (χ1) is 9.04. The van der Waals surface area contributed by atoms with Crippen molar-refractivity contribution in [3.8, 4) is 0 Å². The second kappa shape index (κ2) is 8.25. The smallest absolute Gasteiger partial charge is 0.188 e. The molecular weight excluding hydrogens is 285 g/mol. The van der Waals surface area contributed by atoms with E-state index in [0.717, 1.165) is 5.56 Å². The summed E-state index contributed by atoms with van der Waals surface area (Å²) in [5.74, 6) is 0.396. The van der Waals surface area contributed by atoms with Crippen LogP contribution in [0.4, 0.5) is 0 Å². The molecule has 1 rings (SSSR count). The molecule has 0 fully saturated rings. The van der Waals surface area contributed by atoms with Gasteiger partial charge in [-0.05, 0) is 31.0 Å². The van der Waals surface area contributed by atoms with Gasteiger partial charge in [0.05, 0.1) is 6.61 Å². The van der Waals surface area contributed by atoms with Gasteiger partial charge in [0.15, 0.2) is 5.96 Å². The van der Waals surface area contributed by atoms with Gasteiger partial charge in [-0.2, -0.15) is 0 Å². The van der Waals surface area contributed by atoms with E-state index in [2.05, 4.69) is 10.3 Å². The molecule has 0 spiro atoms. The molecule has 106 valence electrons. The van der Waals surface area contributed by atoms with Crippen molar-refractivity contribution in [3.05, 3.63) is 33.8 Å². The maximum atomic E-state index is 6.07. The van der Waals surface area contributed by atoms with E-state index in [1.807, 2.05) is 25.1 Å². The SMILES string of the molecule is COCC(C)NC(N)=NCCc1c(Cl)cccc1Cl. The minimum absolute atomic E-state index is 0.123. The summed E-state index contributed by atoms with van der Waals surface area (Å²) < 4.78 is 5.00. The highest BCUT2D eigenvalue weighted by Crippen LogP contribution is 2.24. The fraction of sp³-hybridized carbons (Fsp3) is 0.462. The maximum absolute atomic E-state index is 6.07. The molecule has 0 bridgehead atoms. The highest BCUT2D eigenvalue weighted by atomic mass is 35.5. The van der Waals surface area contributed by atoms with Gasteiger partial charge in [0.25, 0.3) is 0 Å². The molecule has 0 radical (unpaired) electrons. The Kier molecular flexibility index (Phi) is 6.99. The lowest BCUT2D eigenvalue weighted by Crippen LogP contribution is -2.40. The zero-order chi connectivity index (χ0) is 14.3. The predicted octanol–water partition coefficient (Wildman–Crippen LogP) is 2.48. The average Bonchev–Trinajstić information content (AvgIpc) is 2.33. The van der Waals surface area contributed by atoms with E-state index in [-0.39, 0.29) is 6.04 Å². The van der Waals surface area contributed by atoms with E-state index < -0.39 is 0 Å². The van der Waals surface area contributed by atoms with Crippen molar-refractivity contribution in [2.24, 2.45) is 10.7 Å². The van der Waals surface area contributed by atoms with Crippen molar-refractivity contribution in [2.75, 3.05) is 20.3 Å². The summed E-state index contributed by atoms with van der Waals surface area (Å²) >= 11 is 12.1. The van der Waals surface area contributed by atoms with Crippen LogP contribution in [0.2, 0.25) is 10.0 Å². The van der Waals surface area contributed by atoms with Crippen LogP contribution < -0.4 is 11.1 Å². The van der Waals surface area contributed by atoms with E-state index in [1.54, 1.807) is 7.11 Å². The minimum atomic E-state index is 0.123. The molecule has 0 amide bonds. The number of nitrogens with zero attached hydrogens (tertiary/aromatic N) is 1. The van der Waals surface area contributed by atoms with Crippen molar-refractivity contribution in [1.29, 1.82) is 0 Å². The molecule has 1 aromatic carbocycles. The Morgan fingerprint density at radius 3 is 2.63 bits per heavy atom. The minimum Gasteiger partial charge on any atom is -0.383 e. The summed E-state index contributed by atoms with van der Waals surface area (Å²) in [6.45, 7) is 3.07. The highest BCUT2D eigenvalue weighted by Gasteiger charge is 2.05. The largest absolute Gasteiger partial charge is 0.383 e. The molecule has 1 aromatic rings. The summed E-state index contributed by atoms with van der Waals surface area (Å²) in [5.41, 5.74) is 6.66. The monoisotopic (exact) mass is 303 g/mol. The van der Waals surface area contributed by atoms with Gasteiger partial charge in [0.1, 0.15) is 0 Å². The van der Waals surface area contributed by atoms with E-state index in [0.29, 0.717) is 35.6 Å². The molecule has 0 heterocycles. The molecule has 0 aromatic heterocycles. The van der Waals surface area contributed by atoms with Gasteiger partial charge in [-0.1, -0.05) is 29.3 Å². The molecule has 0 aliphatic carbocycles. The first-order valence-corrected chi connectivity index (χ1v) is 6.78. The number of hydrogen-bond donors (Lipinski definition) is 2. The number of nitrogens with one attached hydrogen (secondary N) is 1. The lowest BCUT2D eigenvalue weighted by Gasteiger charge is -2.13. The Morgan fingerprint density at radius 2 is 2.05 bits per heavy atom. The van der Waals surface area contributed by atoms with E-state index in [1.165, 1.54) is 0 Å². The van der Waals surface area contributed by atoms with Gasteiger partial charge in [-0.3, -0.25) is 4.99 Å². The van der Waals surface area contributed by atoms with Gasteiger partial charge in [-0.25, -0.2) is 0 Å². The zero-order valence-corrected chi connectivity index (χ0v) is 12.6. The zero-order valence-electron chi connectivity index (χ0n) is 11.1. The molecule has 0 aliphatic heterocycles. The van der Waals surface area contributed by atoms with Crippen LogP contribution in [0.1, 0.15) is 12.5 Å². The first-order valence-electron chi connectivity index (χ1n) is 6.03. The van der Waals surface area contributed by atoms with Gasteiger partial charge in [-0.15, -0.1) is 0 Å². The molecule has 3 N–H and O–H groups in total. The number of rotatable bonds is 6. The van der Waals surface area contributed by atoms with Crippen molar-refractivity contribution in [3.63, 3.8) is 0 Å². The fourth-order valence-corrected chi connectivity index (χ4v) is 2.24. The summed E-state index contributed by atoms with van der Waals surface area (Å²) in [5, 5.41) is 4.34. The van der Waals surface area contributed by atoms with Crippen molar-refractivity contribution < 1.29 is 4.74 Å². The molecule has 4 nitrogen and oxygen atoms in total. The lowest BCUT2D eigenvalue weighted by molar-refractivity contribution is 0.179. The number of ether oxygens (including phenoxy) is 1. The number of guanidine groups is 1. The van der Waals surface area contributed by atoms with Crippen LogP contribution in [0.15, 0.2) is 23.2 Å². The molecule has 0 saturated carbocycles. The second-order valence-electron chi connectivity index (χ2n) is 4.22. The molecule has 1 unspecified atom stereocenters. The van der Waals surface area contributed by atoms with Crippen LogP contribution in [-0.4, -0.2) is 32.3 Å². The van der Waals surface area contributed by atoms with Crippen molar-refractivity contribution >= 4 is 29.2 Å². The number of benzene rings is 1. The van der Waals surface area contributed by atoms with Crippen molar-refractivity contribution in [1.82, 2.24) is 5.32 Å². The third-order valence-electron chi connectivity index (χ3n) is 2.52. The normalized spacial score (nSPS) is 13.4. The average molecular weight is 304 g/mol. The second-order valence-corrected chi connectivity index (χ2v) is 5.03. The summed E-state index contributed by atoms with van der Waals surface area (Å²) in [4.78, 5) is 4.23. The number of halogens is 2. The molecule has 6 heteroatoms. The Morgan fingerprint density at radius 1 is 1.42 bits per heavy atom. The molecular formula is C13H19Cl2N3O. The molecule has 0 saturated heterocycles. The molecule has 1 atom stereocenters. The number of hydrogen-bond acceptors (Lipinski definition) is 2. The van der Waals surface area contributed by atoms with Gasteiger partial charge >= 0.3 is 0 Å². The maximum Gasteiger partial charge on any atom is 0.188 e. The van der Waals surface area contributed by atoms with E-state index in [4.69, 9.17) is 33.7 Å². The quantitative estimate of drug-likeness (QED) is 0.627. The molecule has 19 heavy (non-hydrogen) atoms. The molecule has 0 aliphatic rings. The van der Waals surface area contributed by atoms with Crippen LogP contribution in [-0.2, 0) is 11.2 Å². The van der Waals surface area contributed by atoms with Crippen LogP contribution in [0.3, 0.4) is 0 Å². The third kappa shape index (κ3) is 5.68. The number of nitrogens with two attached hydrogens (primary N) is 1. The standard InChI is InChI=1S/C13H19Cl2N3O/c1-9(8-19-2)18-13(16)17-7-6-10-11(14)4-3-5-12(10)15/h3-5,9H,6-8H2,1-2H3,(H3,16,17,18). The summed E-state index contributed by atoms with van der Waals surface area (Å²) in [6.07, 6.45) is 0.652. The van der Waals surface area contributed by atoms with Crippen LogP contribution in [0.25, 0.3) is 0 Å². The summed E-state index contributed by atoms with van der Waals surface area (Å²) in [7, 11) is 1.64. The number of methoxy groups -OCH3 is 1. The fourth-order valence-electron chi connectivity index (χ4n) is 1.65. The Bertz CT molecular complexity index is 418. The summed E-state index contributed by atoms with van der Waals surface area (Å²) in [6, 6.07) is 5.57. The van der Waals surface area contributed by atoms with Crippen LogP contribution >= 0.6 is 23.2 Å². The first kappa shape index (κ1) is 16.1. The topological polar surface area (TPSA) is 59.6 Å². The number of aliphatic imine (C=N–C) groups is 1. The van der Waals surface area contributed by atoms with Crippen molar-refractivity contribution in [2.45, 2.75) is 19.4 Å². The van der Waals surface area contributed by atoms with E-state index in [9.17, 15) is 0 Å². The van der Waals surface area contributed by atoms with Gasteiger partial charge in [0.2, 0.25) is 0 Å². The Hall–Kier alpha value is -0.970. The lowest BCUT2D eigenvalue weighted by atomic mass is 10.1. The van der Waals surface area contributed by atoms with E-state index >= 15 is 0 Å².